The summed E-state index contributed by atoms with van der Waals surface area (Å²) >= 11 is 3.45. The largest absolute Gasteiger partial charge is 0.228 e. The van der Waals surface area contributed by atoms with Crippen molar-refractivity contribution in [2.24, 2.45) is 11.1 Å². The van der Waals surface area contributed by atoms with Crippen molar-refractivity contribution in [3.05, 3.63) is 33.8 Å². The predicted octanol–water partition coefficient (Wildman–Crippen LogP) is 2.23. The van der Waals surface area contributed by atoms with Gasteiger partial charge in [-0.1, -0.05) is 22.0 Å². The van der Waals surface area contributed by atoms with E-state index in [1.807, 2.05) is 6.07 Å². The minimum atomic E-state index is -3.40. The van der Waals surface area contributed by atoms with Crippen molar-refractivity contribution in [1.82, 2.24) is 0 Å². The van der Waals surface area contributed by atoms with E-state index >= 15 is 0 Å². The topological polar surface area (TPSA) is 60.2 Å². The van der Waals surface area contributed by atoms with Gasteiger partial charge in [-0.3, -0.25) is 0 Å². The smallest absolute Gasteiger partial charge is 0.211 e. The predicted molar refractivity (Wildman–Crippen MR) is 72.2 cm³/mol. The van der Waals surface area contributed by atoms with Crippen LogP contribution in [0.1, 0.15) is 24.5 Å². The molecule has 0 amide bonds. The molecule has 0 saturated heterocycles. The number of fused-ring (bicyclic) bond motifs is 1. The highest BCUT2D eigenvalue weighted by atomic mass is 79.9. The molecule has 2 unspecified atom stereocenters. The Kier molecular flexibility index (Phi) is 3.61. The van der Waals surface area contributed by atoms with E-state index < -0.39 is 15.3 Å². The zero-order valence-electron chi connectivity index (χ0n) is 9.69. The van der Waals surface area contributed by atoms with E-state index in [4.69, 9.17) is 5.14 Å². The maximum Gasteiger partial charge on any atom is 0.211 e. The molecule has 1 aromatic rings. The number of hydrogen-bond donors (Lipinski definition) is 1. The summed E-state index contributed by atoms with van der Waals surface area (Å²) in [4.78, 5) is 0. The van der Waals surface area contributed by atoms with Gasteiger partial charge in [0.05, 0.1) is 5.25 Å². The first-order chi connectivity index (χ1) is 7.86. The van der Waals surface area contributed by atoms with E-state index in [-0.39, 0.29) is 0 Å². The molecule has 0 spiro atoms. The molecule has 17 heavy (non-hydrogen) atoms. The monoisotopic (exact) mass is 317 g/mol. The van der Waals surface area contributed by atoms with Crippen LogP contribution in [0.25, 0.3) is 0 Å². The van der Waals surface area contributed by atoms with E-state index in [9.17, 15) is 8.42 Å². The van der Waals surface area contributed by atoms with Crippen LogP contribution in [0.3, 0.4) is 0 Å². The van der Waals surface area contributed by atoms with Gasteiger partial charge in [0.25, 0.3) is 0 Å². The zero-order chi connectivity index (χ0) is 12.6. The molecule has 1 aliphatic carbocycles. The Labute approximate surface area is 111 Å². The van der Waals surface area contributed by atoms with Crippen molar-refractivity contribution in [3.63, 3.8) is 0 Å². The Hall–Kier alpha value is -0.390. The summed E-state index contributed by atoms with van der Waals surface area (Å²) in [6, 6.07) is 6.27. The first-order valence-electron chi connectivity index (χ1n) is 5.65. The molecule has 94 valence electrons. The molecule has 0 aliphatic heterocycles. The summed E-state index contributed by atoms with van der Waals surface area (Å²) in [6.07, 6.45) is 2.56. The second kappa shape index (κ2) is 4.71. The summed E-state index contributed by atoms with van der Waals surface area (Å²) in [5.74, 6) is 0.396. The van der Waals surface area contributed by atoms with Crippen molar-refractivity contribution in [1.29, 1.82) is 0 Å². The minimum Gasteiger partial charge on any atom is -0.228 e. The molecule has 3 nitrogen and oxygen atoms in total. The number of nitrogens with two attached hydrogens (primary N) is 1. The molecule has 1 aliphatic rings. The number of hydrogen-bond acceptors (Lipinski definition) is 2. The van der Waals surface area contributed by atoms with E-state index in [1.54, 1.807) is 6.92 Å². The molecular weight excluding hydrogens is 302 g/mol. The summed E-state index contributed by atoms with van der Waals surface area (Å²) in [5.41, 5.74) is 2.66. The van der Waals surface area contributed by atoms with Crippen molar-refractivity contribution in [2.45, 2.75) is 31.4 Å². The molecule has 0 saturated carbocycles. The van der Waals surface area contributed by atoms with Crippen LogP contribution >= 0.6 is 15.9 Å². The molecule has 1 aromatic carbocycles. The van der Waals surface area contributed by atoms with Crippen LogP contribution in [0.15, 0.2) is 22.7 Å². The Morgan fingerprint density at radius 3 is 2.71 bits per heavy atom. The summed E-state index contributed by atoms with van der Waals surface area (Å²) in [6.45, 7) is 1.69. The molecule has 2 N–H and O–H groups in total. The van der Waals surface area contributed by atoms with Crippen molar-refractivity contribution >= 4 is 26.0 Å². The summed E-state index contributed by atoms with van der Waals surface area (Å²) < 4.78 is 23.5. The Bertz CT molecular complexity index is 527. The highest BCUT2D eigenvalue weighted by Crippen LogP contribution is 2.32. The first-order valence-corrected chi connectivity index (χ1v) is 8.05. The maximum atomic E-state index is 11.2. The van der Waals surface area contributed by atoms with E-state index in [0.29, 0.717) is 12.3 Å². The van der Waals surface area contributed by atoms with E-state index in [0.717, 1.165) is 17.3 Å². The average molecular weight is 318 g/mol. The van der Waals surface area contributed by atoms with Crippen LogP contribution < -0.4 is 5.14 Å². The molecule has 0 radical (unpaired) electrons. The molecule has 0 fully saturated rings. The third kappa shape index (κ3) is 3.09. The molecular formula is C12H16BrNO2S. The maximum absolute atomic E-state index is 11.2. The number of rotatable bonds is 3. The number of halogens is 1. The minimum absolute atomic E-state index is 0.396. The second-order valence-corrected chi connectivity index (χ2v) is 7.72. The van der Waals surface area contributed by atoms with Gasteiger partial charge in [0.15, 0.2) is 0 Å². The summed E-state index contributed by atoms with van der Waals surface area (Å²) in [7, 11) is -3.40. The lowest BCUT2D eigenvalue weighted by Crippen LogP contribution is -2.28. The highest BCUT2D eigenvalue weighted by molar-refractivity contribution is 9.10. The fourth-order valence-electron chi connectivity index (χ4n) is 2.45. The van der Waals surface area contributed by atoms with Crippen LogP contribution in [0.2, 0.25) is 0 Å². The molecule has 5 heteroatoms. The van der Waals surface area contributed by atoms with Gasteiger partial charge in [-0.25, -0.2) is 13.6 Å². The number of benzene rings is 1. The first kappa shape index (κ1) is 13.1. The fraction of sp³-hybridized carbons (Fsp3) is 0.500. The van der Waals surface area contributed by atoms with Gasteiger partial charge in [-0.05, 0) is 55.4 Å². The summed E-state index contributed by atoms with van der Waals surface area (Å²) in [5, 5.41) is 4.70. The molecule has 0 aromatic heterocycles. The second-order valence-electron chi connectivity index (χ2n) is 4.82. The van der Waals surface area contributed by atoms with Gasteiger partial charge in [-0.2, -0.15) is 0 Å². The van der Waals surface area contributed by atoms with Crippen LogP contribution in [-0.2, 0) is 22.9 Å². The Balaban J connectivity index is 2.06. The van der Waals surface area contributed by atoms with Crippen LogP contribution in [-0.4, -0.2) is 13.7 Å². The van der Waals surface area contributed by atoms with Crippen molar-refractivity contribution in [3.8, 4) is 0 Å². The van der Waals surface area contributed by atoms with Gasteiger partial charge in [0.2, 0.25) is 10.0 Å². The third-order valence-corrected chi connectivity index (χ3v) is 5.22. The number of primary sulfonamides is 1. The van der Waals surface area contributed by atoms with E-state index in [1.165, 1.54) is 11.1 Å². The standard InChI is InChI=1S/C12H16BrNO2S/c1-8(17(14,15)16)4-9-5-10-2-3-12(13)7-11(10)6-9/h2-3,7-9H,4-6H2,1H3,(H2,14,15,16). The highest BCUT2D eigenvalue weighted by Gasteiger charge is 2.26. The van der Waals surface area contributed by atoms with Gasteiger partial charge < -0.3 is 0 Å². The Morgan fingerprint density at radius 2 is 2.06 bits per heavy atom. The van der Waals surface area contributed by atoms with Crippen LogP contribution in [0, 0.1) is 5.92 Å². The fourth-order valence-corrected chi connectivity index (χ4v) is 3.40. The molecule has 2 atom stereocenters. The average Bonchev–Trinajstić information content (AvgIpc) is 2.57. The van der Waals surface area contributed by atoms with Crippen molar-refractivity contribution in [2.75, 3.05) is 0 Å². The van der Waals surface area contributed by atoms with Gasteiger partial charge in [0, 0.05) is 4.47 Å². The lowest BCUT2D eigenvalue weighted by molar-refractivity contribution is 0.493. The van der Waals surface area contributed by atoms with Crippen LogP contribution in [0.4, 0.5) is 0 Å². The zero-order valence-corrected chi connectivity index (χ0v) is 12.1. The molecule has 2 rings (SSSR count). The lowest BCUT2D eigenvalue weighted by Gasteiger charge is -2.13. The molecule has 0 heterocycles. The third-order valence-electron chi connectivity index (χ3n) is 3.41. The Morgan fingerprint density at radius 1 is 1.41 bits per heavy atom. The van der Waals surface area contributed by atoms with Gasteiger partial charge in [0.1, 0.15) is 0 Å². The molecule has 0 bridgehead atoms. The van der Waals surface area contributed by atoms with Crippen LogP contribution in [0.5, 0.6) is 0 Å². The van der Waals surface area contributed by atoms with Gasteiger partial charge >= 0.3 is 0 Å². The quantitative estimate of drug-likeness (QED) is 0.929. The lowest BCUT2D eigenvalue weighted by atomic mass is 10.0. The van der Waals surface area contributed by atoms with Gasteiger partial charge in [-0.15, -0.1) is 0 Å². The SMILES string of the molecule is CC(CC1Cc2ccc(Br)cc2C1)S(N)(=O)=O. The number of sulfonamides is 1. The normalized spacial score (nSPS) is 21.2. The van der Waals surface area contributed by atoms with E-state index in [2.05, 4.69) is 28.1 Å². The van der Waals surface area contributed by atoms with Crippen molar-refractivity contribution < 1.29 is 8.42 Å².